The number of nitrogens with zero attached hydrogens (tertiary/aromatic N) is 4. The van der Waals surface area contributed by atoms with E-state index in [9.17, 15) is 8.42 Å². The van der Waals surface area contributed by atoms with E-state index >= 15 is 0 Å². The molecule has 4 aromatic rings. The number of anilines is 1. The molecule has 5 rings (SSSR count). The third kappa shape index (κ3) is 3.51. The molecule has 1 saturated heterocycles. The molecule has 1 aromatic carbocycles. The number of hydrogen-bond donors (Lipinski definition) is 1. The molecule has 0 radical (unpaired) electrons. The number of pyridine rings is 1. The molecule has 10 heteroatoms. The van der Waals surface area contributed by atoms with Crippen molar-refractivity contribution < 1.29 is 17.7 Å². The monoisotopic (exact) mass is 441 g/mol. The molecule has 0 spiro atoms. The molecular formula is C21H23N5O4S. The predicted octanol–water partition coefficient (Wildman–Crippen LogP) is 3.12. The Morgan fingerprint density at radius 1 is 1.23 bits per heavy atom. The summed E-state index contributed by atoms with van der Waals surface area (Å²) in [6, 6.07) is 8.71. The van der Waals surface area contributed by atoms with Crippen molar-refractivity contribution in [3.8, 4) is 5.88 Å². The number of aryl methyl sites for hydroxylation is 1. The molecule has 162 valence electrons. The first-order valence-electron chi connectivity index (χ1n) is 10.1. The molecule has 3 aromatic heterocycles. The largest absolute Gasteiger partial charge is 0.480 e. The molecule has 0 atom stereocenters. The summed E-state index contributed by atoms with van der Waals surface area (Å²) in [5, 5.41) is 5.00. The van der Waals surface area contributed by atoms with Crippen LogP contribution in [0, 0.1) is 0 Å². The Morgan fingerprint density at radius 3 is 2.81 bits per heavy atom. The first-order chi connectivity index (χ1) is 15.0. The number of fused-ring (bicyclic) bond motifs is 2. The summed E-state index contributed by atoms with van der Waals surface area (Å²) in [5.74, 6) is 0.337. The number of methoxy groups -OCH3 is 1. The van der Waals surface area contributed by atoms with Gasteiger partial charge in [0.05, 0.1) is 17.7 Å². The SMILES string of the molecule is COc1nc(CN2CCCC2)cc2onc(NS(=O)(=O)c3cccc4c3ccn4C)c12. The fraction of sp³-hybridized carbons (Fsp3) is 0.333. The van der Waals surface area contributed by atoms with Gasteiger partial charge in [0.2, 0.25) is 5.88 Å². The van der Waals surface area contributed by atoms with Crippen molar-refractivity contribution in [2.45, 2.75) is 24.3 Å². The van der Waals surface area contributed by atoms with Gasteiger partial charge in [-0.1, -0.05) is 11.2 Å². The lowest BCUT2D eigenvalue weighted by atomic mass is 10.2. The second kappa shape index (κ2) is 7.54. The van der Waals surface area contributed by atoms with Crippen LogP contribution in [0.2, 0.25) is 0 Å². The van der Waals surface area contributed by atoms with Gasteiger partial charge in [0.15, 0.2) is 11.4 Å². The summed E-state index contributed by atoms with van der Waals surface area (Å²) in [7, 11) is -0.553. The van der Waals surface area contributed by atoms with E-state index in [1.807, 2.05) is 23.9 Å². The van der Waals surface area contributed by atoms with Crippen LogP contribution in [0.3, 0.4) is 0 Å². The number of aromatic nitrogens is 3. The topological polar surface area (TPSA) is 102 Å². The molecule has 1 N–H and O–H groups in total. The number of ether oxygens (including phenoxy) is 1. The molecule has 0 unspecified atom stereocenters. The third-order valence-electron chi connectivity index (χ3n) is 5.66. The summed E-state index contributed by atoms with van der Waals surface area (Å²) >= 11 is 0. The highest BCUT2D eigenvalue weighted by atomic mass is 32.2. The van der Waals surface area contributed by atoms with Gasteiger partial charge in [-0.15, -0.1) is 0 Å². The summed E-state index contributed by atoms with van der Waals surface area (Å²) in [6.45, 7) is 2.76. The van der Waals surface area contributed by atoms with Crippen molar-refractivity contribution in [1.29, 1.82) is 0 Å². The maximum atomic E-state index is 13.2. The van der Waals surface area contributed by atoms with Crippen molar-refractivity contribution in [2.24, 2.45) is 7.05 Å². The van der Waals surface area contributed by atoms with Crippen LogP contribution in [0.5, 0.6) is 5.88 Å². The van der Waals surface area contributed by atoms with Crippen LogP contribution in [0.25, 0.3) is 21.9 Å². The Hall–Kier alpha value is -3.11. The number of benzene rings is 1. The molecule has 0 amide bonds. The van der Waals surface area contributed by atoms with Gasteiger partial charge < -0.3 is 13.8 Å². The minimum Gasteiger partial charge on any atom is -0.480 e. The average Bonchev–Trinajstić information content (AvgIpc) is 3.49. The molecule has 1 aliphatic rings. The van der Waals surface area contributed by atoms with Gasteiger partial charge in [-0.3, -0.25) is 9.62 Å². The summed E-state index contributed by atoms with van der Waals surface area (Å²) in [4.78, 5) is 7.05. The second-order valence-corrected chi connectivity index (χ2v) is 9.38. The average molecular weight is 442 g/mol. The highest BCUT2D eigenvalue weighted by Gasteiger charge is 2.25. The molecule has 31 heavy (non-hydrogen) atoms. The van der Waals surface area contributed by atoms with Crippen molar-refractivity contribution in [3.05, 3.63) is 42.2 Å². The Kier molecular flexibility index (Phi) is 4.82. The molecule has 0 saturated carbocycles. The first-order valence-corrected chi connectivity index (χ1v) is 11.6. The fourth-order valence-electron chi connectivity index (χ4n) is 4.14. The van der Waals surface area contributed by atoms with Crippen molar-refractivity contribution in [3.63, 3.8) is 0 Å². The van der Waals surface area contributed by atoms with E-state index < -0.39 is 10.0 Å². The highest BCUT2D eigenvalue weighted by molar-refractivity contribution is 7.93. The van der Waals surface area contributed by atoms with E-state index in [2.05, 4.69) is 19.8 Å². The maximum absolute atomic E-state index is 13.2. The second-order valence-electron chi connectivity index (χ2n) is 7.73. The first kappa shape index (κ1) is 19.8. The van der Waals surface area contributed by atoms with E-state index in [4.69, 9.17) is 9.26 Å². The van der Waals surface area contributed by atoms with Crippen molar-refractivity contribution >= 4 is 37.7 Å². The van der Waals surface area contributed by atoms with E-state index in [0.29, 0.717) is 22.9 Å². The maximum Gasteiger partial charge on any atom is 0.263 e. The molecule has 0 bridgehead atoms. The zero-order chi connectivity index (χ0) is 21.6. The van der Waals surface area contributed by atoms with Gasteiger partial charge in [0, 0.05) is 36.8 Å². The van der Waals surface area contributed by atoms with Gasteiger partial charge in [0.25, 0.3) is 10.0 Å². The van der Waals surface area contributed by atoms with Crippen LogP contribution in [0.4, 0.5) is 5.82 Å². The number of nitrogens with one attached hydrogen (secondary N) is 1. The zero-order valence-electron chi connectivity index (χ0n) is 17.3. The van der Waals surface area contributed by atoms with Gasteiger partial charge in [-0.05, 0) is 44.1 Å². The minimum atomic E-state index is -3.92. The van der Waals surface area contributed by atoms with Crippen LogP contribution in [0.15, 0.2) is 45.9 Å². The third-order valence-corrected chi connectivity index (χ3v) is 7.06. The van der Waals surface area contributed by atoms with Crippen LogP contribution in [-0.4, -0.2) is 48.2 Å². The van der Waals surface area contributed by atoms with Gasteiger partial charge >= 0.3 is 0 Å². The standard InChI is InChI=1S/C21H23N5O4S/c1-25-11-8-15-16(25)6-5-7-18(15)31(27,28)24-20-19-17(30-23-20)12-14(22-21(19)29-2)13-26-9-3-4-10-26/h5-8,11-12H,3-4,9-10,13H2,1-2H3,(H,23,24). The van der Waals surface area contributed by atoms with Crippen LogP contribution >= 0.6 is 0 Å². The molecule has 1 fully saturated rings. The summed E-state index contributed by atoms with van der Waals surface area (Å²) in [5.41, 5.74) is 2.04. The van der Waals surface area contributed by atoms with Gasteiger partial charge in [0.1, 0.15) is 5.39 Å². The minimum absolute atomic E-state index is 0.0556. The Balaban J connectivity index is 1.52. The lowest BCUT2D eigenvalue weighted by Gasteiger charge is -2.14. The molecule has 9 nitrogen and oxygen atoms in total. The van der Waals surface area contributed by atoms with Crippen molar-refractivity contribution in [1.82, 2.24) is 19.6 Å². The van der Waals surface area contributed by atoms with E-state index in [1.165, 1.54) is 20.0 Å². The fourth-order valence-corrected chi connectivity index (χ4v) is 5.36. The van der Waals surface area contributed by atoms with E-state index in [-0.39, 0.29) is 16.6 Å². The lowest BCUT2D eigenvalue weighted by molar-refractivity contribution is 0.323. The number of sulfonamides is 1. The smallest absolute Gasteiger partial charge is 0.263 e. The van der Waals surface area contributed by atoms with Gasteiger partial charge in [-0.2, -0.15) is 0 Å². The quantitative estimate of drug-likeness (QED) is 0.490. The number of rotatable bonds is 6. The number of likely N-dealkylation sites (tertiary alicyclic amines) is 1. The summed E-state index contributed by atoms with van der Waals surface area (Å²) in [6.07, 6.45) is 4.19. The Bertz CT molecular complexity index is 1370. The Morgan fingerprint density at radius 2 is 2.03 bits per heavy atom. The Labute approximate surface area is 179 Å². The number of hydrogen-bond acceptors (Lipinski definition) is 7. The zero-order valence-corrected chi connectivity index (χ0v) is 18.1. The molecule has 4 heterocycles. The lowest BCUT2D eigenvalue weighted by Crippen LogP contribution is -2.19. The molecule has 0 aliphatic carbocycles. The van der Waals surface area contributed by atoms with Crippen molar-refractivity contribution in [2.75, 3.05) is 24.9 Å². The van der Waals surface area contributed by atoms with Crippen LogP contribution in [0.1, 0.15) is 18.5 Å². The van der Waals surface area contributed by atoms with E-state index in [0.717, 1.165) is 24.3 Å². The highest BCUT2D eigenvalue weighted by Crippen LogP contribution is 2.34. The summed E-state index contributed by atoms with van der Waals surface area (Å²) < 4.78 is 41.7. The predicted molar refractivity (Wildman–Crippen MR) is 117 cm³/mol. The van der Waals surface area contributed by atoms with Crippen LogP contribution in [-0.2, 0) is 23.6 Å². The van der Waals surface area contributed by atoms with Gasteiger partial charge in [-0.25, -0.2) is 13.4 Å². The van der Waals surface area contributed by atoms with E-state index in [1.54, 1.807) is 24.3 Å². The molecular weight excluding hydrogens is 418 g/mol. The normalized spacial score (nSPS) is 15.2. The van der Waals surface area contributed by atoms with Crippen LogP contribution < -0.4 is 9.46 Å². The molecule has 1 aliphatic heterocycles.